The molecular formula is C20H46NSi+. The van der Waals surface area contributed by atoms with E-state index in [4.69, 9.17) is 0 Å². The Morgan fingerprint density at radius 2 is 0.864 bits per heavy atom. The second-order valence-corrected chi connectivity index (χ2v) is 8.26. The van der Waals surface area contributed by atoms with Crippen LogP contribution in [0.4, 0.5) is 0 Å². The Labute approximate surface area is 145 Å². The van der Waals surface area contributed by atoms with Gasteiger partial charge in [-0.05, 0) is 25.7 Å². The lowest BCUT2D eigenvalue weighted by atomic mass is 10.1. The number of unbranched alkanes of at least 4 members (excludes halogenated alkanes) is 12. The van der Waals surface area contributed by atoms with Crippen LogP contribution in [0.25, 0.3) is 0 Å². The molecule has 0 aliphatic heterocycles. The predicted molar refractivity (Wildman–Crippen MR) is 107 cm³/mol. The fourth-order valence-corrected chi connectivity index (χ4v) is 3.96. The number of nitrogens with zero attached hydrogens (tertiary/aromatic N) is 1. The van der Waals surface area contributed by atoms with Crippen LogP contribution in [0, 0.1) is 0 Å². The van der Waals surface area contributed by atoms with Crippen molar-refractivity contribution in [2.45, 2.75) is 104 Å². The van der Waals surface area contributed by atoms with Crippen molar-refractivity contribution < 1.29 is 4.48 Å². The first kappa shape index (κ1) is 22.2. The van der Waals surface area contributed by atoms with E-state index in [1.165, 1.54) is 124 Å². The van der Waals surface area contributed by atoms with Crippen LogP contribution in [0.15, 0.2) is 0 Å². The number of hydrogen-bond acceptors (Lipinski definition) is 0. The van der Waals surface area contributed by atoms with Gasteiger partial charge >= 0.3 is 0 Å². The second kappa shape index (κ2) is 16.0. The van der Waals surface area contributed by atoms with Crippen molar-refractivity contribution in [2.24, 2.45) is 0 Å². The fourth-order valence-electron chi connectivity index (χ4n) is 3.33. The van der Waals surface area contributed by atoms with Crippen molar-refractivity contribution in [2.75, 3.05) is 26.3 Å². The predicted octanol–water partition coefficient (Wildman–Crippen LogP) is 5.26. The highest BCUT2D eigenvalue weighted by molar-refractivity contribution is 6.08. The third-order valence-electron chi connectivity index (χ3n) is 5.37. The van der Waals surface area contributed by atoms with Crippen LogP contribution >= 0.6 is 0 Å². The minimum atomic E-state index is 1.36. The summed E-state index contributed by atoms with van der Waals surface area (Å²) in [5.74, 6) is 0. The summed E-state index contributed by atoms with van der Waals surface area (Å²) >= 11 is 0. The third kappa shape index (κ3) is 13.8. The number of quaternary nitrogens is 1. The molecule has 0 atom stereocenters. The van der Waals surface area contributed by atoms with Crippen LogP contribution in [0.3, 0.4) is 0 Å². The summed E-state index contributed by atoms with van der Waals surface area (Å²) in [7, 11) is 3.88. The Hall–Kier alpha value is 0.177. The number of hydrogen-bond donors (Lipinski definition) is 0. The lowest BCUT2D eigenvalue weighted by Crippen LogP contribution is -2.46. The van der Waals surface area contributed by atoms with Gasteiger partial charge in [-0.1, -0.05) is 78.1 Å². The van der Waals surface area contributed by atoms with Crippen molar-refractivity contribution in [3.05, 3.63) is 0 Å². The largest absolute Gasteiger partial charge is 0.330 e. The van der Waals surface area contributed by atoms with Crippen LogP contribution < -0.4 is 0 Å². The molecule has 0 amide bonds. The molecule has 0 spiro atoms. The Bertz CT molecular complexity index is 200. The topological polar surface area (TPSA) is 0 Å². The van der Waals surface area contributed by atoms with Crippen LogP contribution in [0.1, 0.15) is 104 Å². The van der Waals surface area contributed by atoms with Gasteiger partial charge in [-0.2, -0.15) is 0 Å². The smallest absolute Gasteiger partial charge is 0.0781 e. The molecule has 0 heterocycles. The van der Waals surface area contributed by atoms with E-state index in [0.717, 1.165) is 0 Å². The van der Waals surface area contributed by atoms with Crippen LogP contribution in [0.5, 0.6) is 0 Å². The van der Waals surface area contributed by atoms with Crippen molar-refractivity contribution in [1.29, 1.82) is 0 Å². The standard InChI is InChI=1S/C20H46NSi/c1-4-6-8-10-12-14-16-18-21(3,20-22)19-17-15-13-11-9-7-5-2/h4-20H2,1-3,22H3/q+1. The highest BCUT2D eigenvalue weighted by Gasteiger charge is 2.17. The normalized spacial score (nSPS) is 12.1. The molecule has 0 radical (unpaired) electrons. The van der Waals surface area contributed by atoms with Gasteiger partial charge in [-0.15, -0.1) is 0 Å². The average molecular weight is 329 g/mol. The summed E-state index contributed by atoms with van der Waals surface area (Å²) in [6.45, 7) is 7.48. The first-order valence-corrected chi connectivity index (χ1v) is 11.9. The Balaban J connectivity index is 3.54. The summed E-state index contributed by atoms with van der Waals surface area (Å²) in [6.07, 6.45) is 21.7. The van der Waals surface area contributed by atoms with Gasteiger partial charge in [-0.25, -0.2) is 0 Å². The first-order valence-electron chi connectivity index (χ1n) is 10.5. The molecule has 22 heavy (non-hydrogen) atoms. The highest BCUT2D eigenvalue weighted by Crippen LogP contribution is 2.13. The van der Waals surface area contributed by atoms with Gasteiger partial charge in [0.15, 0.2) is 0 Å². The van der Waals surface area contributed by atoms with Crippen molar-refractivity contribution in [1.82, 2.24) is 0 Å². The monoisotopic (exact) mass is 328 g/mol. The molecule has 0 aliphatic carbocycles. The Morgan fingerprint density at radius 1 is 0.545 bits per heavy atom. The molecule has 0 saturated heterocycles. The molecule has 0 unspecified atom stereocenters. The van der Waals surface area contributed by atoms with E-state index in [-0.39, 0.29) is 0 Å². The fraction of sp³-hybridized carbons (Fsp3) is 1.00. The van der Waals surface area contributed by atoms with Gasteiger partial charge in [0, 0.05) is 0 Å². The molecule has 0 fully saturated rings. The molecule has 0 N–H and O–H groups in total. The van der Waals surface area contributed by atoms with E-state index < -0.39 is 0 Å². The molecule has 0 aromatic rings. The summed E-state index contributed by atoms with van der Waals surface area (Å²) < 4.78 is 1.37. The van der Waals surface area contributed by atoms with E-state index in [0.29, 0.717) is 0 Å². The highest BCUT2D eigenvalue weighted by atomic mass is 28.1. The van der Waals surface area contributed by atoms with E-state index in [1.807, 2.05) is 0 Å². The Kier molecular flexibility index (Phi) is 16.2. The molecule has 1 nitrogen and oxygen atoms in total. The van der Waals surface area contributed by atoms with Crippen LogP contribution in [-0.2, 0) is 0 Å². The molecule has 0 saturated carbocycles. The van der Waals surface area contributed by atoms with Gasteiger partial charge in [0.1, 0.15) is 0 Å². The van der Waals surface area contributed by atoms with Crippen molar-refractivity contribution in [3.8, 4) is 0 Å². The van der Waals surface area contributed by atoms with Gasteiger partial charge in [-0.3, -0.25) is 0 Å². The molecule has 0 aliphatic rings. The molecule has 0 aromatic heterocycles. The van der Waals surface area contributed by atoms with Crippen molar-refractivity contribution >= 4 is 10.2 Å². The van der Waals surface area contributed by atoms with E-state index in [1.54, 1.807) is 0 Å². The van der Waals surface area contributed by atoms with Gasteiger partial charge in [0.05, 0.1) is 36.5 Å². The maximum absolute atomic E-state index is 2.52. The number of rotatable bonds is 17. The zero-order valence-corrected chi connectivity index (χ0v) is 18.5. The molecule has 134 valence electrons. The molecule has 0 rings (SSSR count). The summed E-state index contributed by atoms with van der Waals surface area (Å²) in [4.78, 5) is 0. The third-order valence-corrected chi connectivity index (χ3v) is 6.89. The second-order valence-electron chi connectivity index (χ2n) is 7.63. The quantitative estimate of drug-likeness (QED) is 0.194. The molecule has 2 heteroatoms. The maximum atomic E-state index is 2.52. The molecule has 0 aromatic carbocycles. The van der Waals surface area contributed by atoms with Gasteiger partial charge in [0.2, 0.25) is 0 Å². The zero-order valence-electron chi connectivity index (χ0n) is 16.5. The van der Waals surface area contributed by atoms with Gasteiger partial charge < -0.3 is 4.48 Å². The average Bonchev–Trinajstić information content (AvgIpc) is 2.53. The summed E-state index contributed by atoms with van der Waals surface area (Å²) in [6, 6.07) is 0. The summed E-state index contributed by atoms with van der Waals surface area (Å²) in [5.41, 5.74) is 0. The SMILES string of the molecule is CCCCCCCCC[N+](C)(C[SiH3])CCCCCCCCC. The van der Waals surface area contributed by atoms with Crippen molar-refractivity contribution in [3.63, 3.8) is 0 Å². The van der Waals surface area contributed by atoms with E-state index >= 15 is 0 Å². The van der Waals surface area contributed by atoms with Crippen LogP contribution in [0.2, 0.25) is 0 Å². The first-order chi connectivity index (χ1) is 10.7. The Morgan fingerprint density at radius 3 is 1.18 bits per heavy atom. The lowest BCUT2D eigenvalue weighted by Gasteiger charge is -2.34. The maximum Gasteiger partial charge on any atom is 0.0781 e. The van der Waals surface area contributed by atoms with E-state index in [2.05, 4.69) is 20.9 Å². The molecule has 0 bridgehead atoms. The van der Waals surface area contributed by atoms with Crippen LogP contribution in [-0.4, -0.2) is 41.0 Å². The zero-order chi connectivity index (χ0) is 16.5. The lowest BCUT2D eigenvalue weighted by molar-refractivity contribution is -0.899. The minimum Gasteiger partial charge on any atom is -0.330 e. The van der Waals surface area contributed by atoms with Gasteiger partial charge in [0.25, 0.3) is 0 Å². The minimum absolute atomic E-state index is 1.36. The molecular weight excluding hydrogens is 282 g/mol. The summed E-state index contributed by atoms with van der Waals surface area (Å²) in [5, 5.41) is 0. The van der Waals surface area contributed by atoms with E-state index in [9.17, 15) is 0 Å².